The zero-order chi connectivity index (χ0) is 23.3. The molecule has 1 saturated heterocycles. The summed E-state index contributed by atoms with van der Waals surface area (Å²) in [6, 6.07) is 9.48. The number of hydrogen-bond donors (Lipinski definition) is 1. The van der Waals surface area contributed by atoms with Crippen molar-refractivity contribution in [2.24, 2.45) is 0 Å². The Kier molecular flexibility index (Phi) is 7.64. The minimum atomic E-state index is -0.738. The fourth-order valence-electron chi connectivity index (χ4n) is 3.98. The summed E-state index contributed by atoms with van der Waals surface area (Å²) in [5.41, 5.74) is 0.988. The predicted octanol–water partition coefficient (Wildman–Crippen LogP) is 1.02. The summed E-state index contributed by atoms with van der Waals surface area (Å²) in [5.74, 6) is -1.16. The number of nitrogens with one attached hydrogen (secondary N) is 1. The number of pyridine rings is 1. The predicted molar refractivity (Wildman–Crippen MR) is 120 cm³/mol. The average molecular weight is 438 g/mol. The second kappa shape index (κ2) is 10.4. The number of rotatable bonds is 9. The smallest absolute Gasteiger partial charge is 0.295 e. The van der Waals surface area contributed by atoms with Gasteiger partial charge in [0.1, 0.15) is 5.75 Å². The first-order valence-corrected chi connectivity index (χ1v) is 11.1. The van der Waals surface area contributed by atoms with Crippen molar-refractivity contribution in [3.05, 3.63) is 65.5 Å². The topological polar surface area (TPSA) is 87.0 Å². The second-order valence-corrected chi connectivity index (χ2v) is 8.16. The van der Waals surface area contributed by atoms with Gasteiger partial charge in [0.15, 0.2) is 0 Å². The number of aromatic nitrogens is 1. The highest BCUT2D eigenvalue weighted by Gasteiger charge is 2.44. The number of carbonyl (C=O) groups excluding carboxylic acids is 2. The van der Waals surface area contributed by atoms with Gasteiger partial charge in [-0.25, -0.2) is 0 Å². The van der Waals surface area contributed by atoms with Crippen molar-refractivity contribution in [1.82, 2.24) is 9.88 Å². The maximum absolute atomic E-state index is 13.4. The molecular formula is C25H31N3O4. The van der Waals surface area contributed by atoms with E-state index in [1.54, 1.807) is 48.8 Å². The fraction of sp³-hybridized carbons (Fsp3) is 0.400. The normalized spacial score (nSPS) is 18.1. The molecule has 1 atom stereocenters. The molecule has 0 saturated carbocycles. The first-order chi connectivity index (χ1) is 15.4. The molecule has 0 radical (unpaired) electrons. The zero-order valence-corrected chi connectivity index (χ0v) is 19.1. The minimum absolute atomic E-state index is 0.0106. The van der Waals surface area contributed by atoms with Crippen LogP contribution in [0.2, 0.25) is 0 Å². The number of likely N-dealkylation sites (N-methyl/N-ethyl adjacent to an activating group) is 1. The second-order valence-electron chi connectivity index (χ2n) is 8.16. The van der Waals surface area contributed by atoms with E-state index < -0.39 is 23.5 Å². The van der Waals surface area contributed by atoms with Crippen LogP contribution < -0.4 is 14.7 Å². The Balaban J connectivity index is 2.02. The van der Waals surface area contributed by atoms with Crippen LogP contribution in [0.4, 0.5) is 0 Å². The molecule has 7 heteroatoms. The number of quaternary nitrogens is 1. The molecule has 0 aliphatic carbocycles. The van der Waals surface area contributed by atoms with E-state index in [4.69, 9.17) is 4.74 Å². The highest BCUT2D eigenvalue weighted by atomic mass is 16.5. The molecule has 2 heterocycles. The third kappa shape index (κ3) is 4.99. The number of ketones is 1. The van der Waals surface area contributed by atoms with E-state index in [1.165, 1.54) is 9.80 Å². The molecule has 1 N–H and O–H groups in total. The SMILES string of the molecule is CC[NH+](CC)CCN1C(=O)C(=O)/C(=C(/[O-])c2ccc(OC(C)C)cc2)C1c1cccnc1. The molecule has 32 heavy (non-hydrogen) atoms. The largest absolute Gasteiger partial charge is 0.872 e. The van der Waals surface area contributed by atoms with E-state index in [0.717, 1.165) is 13.1 Å². The Morgan fingerprint density at radius 3 is 2.41 bits per heavy atom. The molecule has 1 amide bonds. The van der Waals surface area contributed by atoms with Crippen molar-refractivity contribution in [3.8, 4) is 5.75 Å². The summed E-state index contributed by atoms with van der Waals surface area (Å²) < 4.78 is 5.64. The summed E-state index contributed by atoms with van der Waals surface area (Å²) in [5, 5.41) is 13.4. The van der Waals surface area contributed by atoms with Crippen molar-refractivity contribution in [3.63, 3.8) is 0 Å². The molecule has 0 spiro atoms. The average Bonchev–Trinajstić information content (AvgIpc) is 3.05. The maximum atomic E-state index is 13.4. The number of nitrogens with zero attached hydrogens (tertiary/aromatic N) is 2. The molecule has 1 aromatic carbocycles. The molecular weight excluding hydrogens is 406 g/mol. The molecule has 2 aromatic rings. The van der Waals surface area contributed by atoms with E-state index in [1.807, 2.05) is 13.8 Å². The van der Waals surface area contributed by atoms with Gasteiger partial charge in [0, 0.05) is 18.0 Å². The van der Waals surface area contributed by atoms with Crippen LogP contribution in [-0.4, -0.2) is 53.9 Å². The highest BCUT2D eigenvalue weighted by molar-refractivity contribution is 6.46. The van der Waals surface area contributed by atoms with Crippen LogP contribution in [0, 0.1) is 0 Å². The van der Waals surface area contributed by atoms with Crippen molar-refractivity contribution in [2.45, 2.75) is 39.8 Å². The van der Waals surface area contributed by atoms with E-state index in [9.17, 15) is 14.7 Å². The van der Waals surface area contributed by atoms with Crippen LogP contribution in [0.1, 0.15) is 44.9 Å². The molecule has 170 valence electrons. The Labute approximate surface area is 189 Å². The number of amides is 1. The molecule has 1 aromatic heterocycles. The molecule has 1 aliphatic heterocycles. The Morgan fingerprint density at radius 2 is 1.84 bits per heavy atom. The van der Waals surface area contributed by atoms with E-state index >= 15 is 0 Å². The summed E-state index contributed by atoms with van der Waals surface area (Å²) in [4.78, 5) is 33.0. The lowest BCUT2D eigenvalue weighted by Crippen LogP contribution is -3.12. The number of hydrogen-bond acceptors (Lipinski definition) is 5. The van der Waals surface area contributed by atoms with Crippen LogP contribution in [0.3, 0.4) is 0 Å². The summed E-state index contributed by atoms with van der Waals surface area (Å²) in [6.07, 6.45) is 3.25. The van der Waals surface area contributed by atoms with Gasteiger partial charge >= 0.3 is 0 Å². The minimum Gasteiger partial charge on any atom is -0.872 e. The fourth-order valence-corrected chi connectivity index (χ4v) is 3.98. The van der Waals surface area contributed by atoms with Gasteiger partial charge in [-0.3, -0.25) is 14.6 Å². The van der Waals surface area contributed by atoms with E-state index in [2.05, 4.69) is 18.8 Å². The van der Waals surface area contributed by atoms with Crippen LogP contribution in [0.15, 0.2) is 54.4 Å². The lowest BCUT2D eigenvalue weighted by atomic mass is 9.96. The lowest BCUT2D eigenvalue weighted by molar-refractivity contribution is -0.895. The maximum Gasteiger partial charge on any atom is 0.295 e. The van der Waals surface area contributed by atoms with Crippen molar-refractivity contribution in [1.29, 1.82) is 0 Å². The van der Waals surface area contributed by atoms with Crippen LogP contribution in [0.25, 0.3) is 5.76 Å². The van der Waals surface area contributed by atoms with Crippen molar-refractivity contribution < 1.29 is 24.3 Å². The first kappa shape index (κ1) is 23.5. The van der Waals surface area contributed by atoms with Crippen molar-refractivity contribution in [2.75, 3.05) is 26.2 Å². The number of likely N-dealkylation sites (tertiary alicyclic amines) is 1. The third-order valence-electron chi connectivity index (χ3n) is 5.72. The molecule has 0 bridgehead atoms. The third-order valence-corrected chi connectivity index (χ3v) is 5.72. The van der Waals surface area contributed by atoms with Gasteiger partial charge in [0.05, 0.1) is 38.3 Å². The van der Waals surface area contributed by atoms with Gasteiger partial charge in [0.2, 0.25) is 5.78 Å². The lowest BCUT2D eigenvalue weighted by Gasteiger charge is -2.28. The monoisotopic (exact) mass is 437 g/mol. The number of benzene rings is 1. The van der Waals surface area contributed by atoms with Crippen LogP contribution in [0.5, 0.6) is 5.75 Å². The number of ether oxygens (including phenoxy) is 1. The Hall–Kier alpha value is -3.19. The number of carbonyl (C=O) groups is 2. The van der Waals surface area contributed by atoms with Crippen molar-refractivity contribution >= 4 is 17.4 Å². The summed E-state index contributed by atoms with van der Waals surface area (Å²) >= 11 is 0. The molecule has 1 aliphatic rings. The van der Waals surface area contributed by atoms with Gasteiger partial charge in [0.25, 0.3) is 5.91 Å². The van der Waals surface area contributed by atoms with Gasteiger partial charge in [-0.2, -0.15) is 0 Å². The molecule has 7 nitrogen and oxygen atoms in total. The van der Waals surface area contributed by atoms with Crippen LogP contribution >= 0.6 is 0 Å². The van der Waals surface area contributed by atoms with Gasteiger partial charge in [-0.05, 0) is 57.0 Å². The Morgan fingerprint density at radius 1 is 1.16 bits per heavy atom. The molecule has 1 fully saturated rings. The zero-order valence-electron chi connectivity index (χ0n) is 19.1. The van der Waals surface area contributed by atoms with Gasteiger partial charge in [-0.15, -0.1) is 0 Å². The van der Waals surface area contributed by atoms with Gasteiger partial charge in [-0.1, -0.05) is 24.0 Å². The van der Waals surface area contributed by atoms with E-state index in [0.29, 0.717) is 30.0 Å². The standard InChI is InChI=1S/C25H31N3O4/c1-5-27(6-2)14-15-28-22(19-8-7-13-26-16-19)21(24(30)25(28)31)23(29)18-9-11-20(12-10-18)32-17(3)4/h7-13,16-17,22,29H,5-6,14-15H2,1-4H3/b23-21+. The Bertz CT molecular complexity index is 966. The first-order valence-electron chi connectivity index (χ1n) is 11.1. The quantitative estimate of drug-likeness (QED) is 0.360. The summed E-state index contributed by atoms with van der Waals surface area (Å²) in [7, 11) is 0. The molecule has 3 rings (SSSR count). The number of Topliss-reactive ketones (excluding diaryl/α,β-unsaturated/α-hetero) is 1. The van der Waals surface area contributed by atoms with Gasteiger partial charge < -0.3 is 19.6 Å². The van der Waals surface area contributed by atoms with Crippen LogP contribution in [-0.2, 0) is 9.59 Å². The molecule has 1 unspecified atom stereocenters. The summed E-state index contributed by atoms with van der Waals surface area (Å²) in [6.45, 7) is 10.9. The van der Waals surface area contributed by atoms with E-state index in [-0.39, 0.29) is 11.7 Å². The highest BCUT2D eigenvalue weighted by Crippen LogP contribution is 2.38.